The summed E-state index contributed by atoms with van der Waals surface area (Å²) in [5, 5.41) is 9.70. The molecule has 0 amide bonds. The zero-order valence-corrected chi connectivity index (χ0v) is 11.7. The normalized spacial score (nSPS) is 10.1. The van der Waals surface area contributed by atoms with Gasteiger partial charge in [0.2, 0.25) is 0 Å². The third-order valence-electron chi connectivity index (χ3n) is 2.93. The molecule has 2 rings (SSSR count). The van der Waals surface area contributed by atoms with Crippen molar-refractivity contribution in [2.75, 3.05) is 13.7 Å². The molecule has 0 saturated heterocycles. The number of rotatable bonds is 5. The summed E-state index contributed by atoms with van der Waals surface area (Å²) in [4.78, 5) is 23.6. The predicted octanol–water partition coefficient (Wildman–Crippen LogP) is 2.58. The molecule has 0 aliphatic rings. The SMILES string of the molecule is COc1ccc(C(=O)OCC(=O)c2ccc(F)cc2)c(O)c1. The lowest BCUT2D eigenvalue weighted by molar-refractivity contribution is 0.0471. The van der Waals surface area contributed by atoms with Crippen molar-refractivity contribution in [3.8, 4) is 11.5 Å². The van der Waals surface area contributed by atoms with Crippen LogP contribution in [0.3, 0.4) is 0 Å². The Balaban J connectivity index is 2.00. The Labute approximate surface area is 125 Å². The second-order valence-corrected chi connectivity index (χ2v) is 4.39. The third kappa shape index (κ3) is 3.60. The maximum Gasteiger partial charge on any atom is 0.342 e. The molecule has 0 unspecified atom stereocenters. The molecule has 0 atom stereocenters. The summed E-state index contributed by atoms with van der Waals surface area (Å²) < 4.78 is 22.5. The maximum atomic E-state index is 12.8. The monoisotopic (exact) mass is 304 g/mol. The van der Waals surface area contributed by atoms with E-state index in [0.29, 0.717) is 5.75 Å². The number of phenolic OH excluding ortho intramolecular Hbond substituents is 1. The topological polar surface area (TPSA) is 72.8 Å². The second kappa shape index (κ2) is 6.71. The van der Waals surface area contributed by atoms with Crippen LogP contribution in [-0.4, -0.2) is 30.6 Å². The molecule has 5 nitrogen and oxygen atoms in total. The molecule has 0 heterocycles. The van der Waals surface area contributed by atoms with Crippen LogP contribution in [0.2, 0.25) is 0 Å². The van der Waals surface area contributed by atoms with Crippen LogP contribution in [0.5, 0.6) is 11.5 Å². The molecule has 0 radical (unpaired) electrons. The van der Waals surface area contributed by atoms with Crippen LogP contribution in [0.25, 0.3) is 0 Å². The van der Waals surface area contributed by atoms with E-state index in [1.54, 1.807) is 0 Å². The van der Waals surface area contributed by atoms with Crippen molar-refractivity contribution >= 4 is 11.8 Å². The number of hydrogen-bond donors (Lipinski definition) is 1. The smallest absolute Gasteiger partial charge is 0.342 e. The highest BCUT2D eigenvalue weighted by atomic mass is 19.1. The number of phenols is 1. The summed E-state index contributed by atoms with van der Waals surface area (Å²) in [7, 11) is 1.42. The van der Waals surface area contributed by atoms with E-state index in [9.17, 15) is 19.1 Å². The number of benzene rings is 2. The number of ether oxygens (including phenoxy) is 2. The molecule has 0 aliphatic heterocycles. The third-order valence-corrected chi connectivity index (χ3v) is 2.93. The minimum atomic E-state index is -0.837. The van der Waals surface area contributed by atoms with E-state index in [2.05, 4.69) is 0 Å². The second-order valence-electron chi connectivity index (χ2n) is 4.39. The Hall–Kier alpha value is -2.89. The van der Waals surface area contributed by atoms with Crippen LogP contribution in [0.4, 0.5) is 4.39 Å². The zero-order valence-electron chi connectivity index (χ0n) is 11.7. The maximum absolute atomic E-state index is 12.8. The first-order valence-electron chi connectivity index (χ1n) is 6.34. The molecule has 0 spiro atoms. The summed E-state index contributed by atoms with van der Waals surface area (Å²) in [6.45, 7) is -0.504. The van der Waals surface area contributed by atoms with Crippen LogP contribution < -0.4 is 4.74 Å². The molecular weight excluding hydrogens is 291 g/mol. The Kier molecular flexibility index (Phi) is 4.73. The summed E-state index contributed by atoms with van der Waals surface area (Å²) >= 11 is 0. The van der Waals surface area contributed by atoms with Gasteiger partial charge in [-0.3, -0.25) is 4.79 Å². The fourth-order valence-electron chi connectivity index (χ4n) is 1.74. The minimum absolute atomic E-state index is 0.0762. The summed E-state index contributed by atoms with van der Waals surface area (Å²) in [6.07, 6.45) is 0. The number of hydrogen-bond acceptors (Lipinski definition) is 5. The minimum Gasteiger partial charge on any atom is -0.507 e. The van der Waals surface area contributed by atoms with E-state index >= 15 is 0 Å². The van der Waals surface area contributed by atoms with Gasteiger partial charge in [0.15, 0.2) is 12.4 Å². The van der Waals surface area contributed by atoms with Crippen molar-refractivity contribution in [2.45, 2.75) is 0 Å². The van der Waals surface area contributed by atoms with E-state index in [0.717, 1.165) is 12.1 Å². The van der Waals surface area contributed by atoms with Gasteiger partial charge >= 0.3 is 5.97 Å². The molecular formula is C16H13FO5. The molecule has 2 aromatic rings. The van der Waals surface area contributed by atoms with E-state index in [1.165, 1.54) is 37.4 Å². The molecule has 1 N–H and O–H groups in total. The van der Waals surface area contributed by atoms with Crippen molar-refractivity contribution in [1.82, 2.24) is 0 Å². The van der Waals surface area contributed by atoms with Gasteiger partial charge in [0, 0.05) is 11.6 Å². The van der Waals surface area contributed by atoms with Gasteiger partial charge in [-0.25, -0.2) is 9.18 Å². The highest BCUT2D eigenvalue weighted by Gasteiger charge is 2.16. The van der Waals surface area contributed by atoms with Crippen molar-refractivity contribution < 1.29 is 28.6 Å². The highest BCUT2D eigenvalue weighted by Crippen LogP contribution is 2.24. The molecule has 0 saturated carbocycles. The number of ketones is 1. The fraction of sp³-hybridized carbons (Fsp3) is 0.125. The molecule has 0 aromatic heterocycles. The average Bonchev–Trinajstić information content (AvgIpc) is 2.52. The number of methoxy groups -OCH3 is 1. The Morgan fingerprint density at radius 3 is 2.41 bits per heavy atom. The van der Waals surface area contributed by atoms with E-state index in [4.69, 9.17) is 9.47 Å². The lowest BCUT2D eigenvalue weighted by Crippen LogP contribution is -2.14. The first-order chi connectivity index (χ1) is 10.5. The number of carbonyl (C=O) groups is 2. The Morgan fingerprint density at radius 1 is 1.14 bits per heavy atom. The van der Waals surface area contributed by atoms with Gasteiger partial charge in [-0.05, 0) is 36.4 Å². The number of halogens is 1. The number of aromatic hydroxyl groups is 1. The van der Waals surface area contributed by atoms with Crippen molar-refractivity contribution in [3.63, 3.8) is 0 Å². The molecule has 6 heteroatoms. The van der Waals surface area contributed by atoms with E-state index < -0.39 is 24.2 Å². The highest BCUT2D eigenvalue weighted by molar-refractivity contribution is 5.99. The van der Waals surface area contributed by atoms with Gasteiger partial charge in [-0.2, -0.15) is 0 Å². The van der Waals surface area contributed by atoms with Crippen molar-refractivity contribution in [1.29, 1.82) is 0 Å². The van der Waals surface area contributed by atoms with Crippen LogP contribution >= 0.6 is 0 Å². The van der Waals surface area contributed by atoms with Gasteiger partial charge in [-0.1, -0.05) is 0 Å². The van der Waals surface area contributed by atoms with Gasteiger partial charge in [0.1, 0.15) is 22.9 Å². The molecule has 114 valence electrons. The molecule has 0 aliphatic carbocycles. The standard InChI is InChI=1S/C16H13FO5/c1-21-12-6-7-13(14(18)8-12)16(20)22-9-15(19)10-2-4-11(17)5-3-10/h2-8,18H,9H2,1H3. The first kappa shape index (κ1) is 15.5. The average molecular weight is 304 g/mol. The molecule has 22 heavy (non-hydrogen) atoms. The molecule has 0 fully saturated rings. The summed E-state index contributed by atoms with van der Waals surface area (Å²) in [5.41, 5.74) is 0.154. The Bertz CT molecular complexity index is 694. The van der Waals surface area contributed by atoms with Gasteiger partial charge < -0.3 is 14.6 Å². The summed E-state index contributed by atoms with van der Waals surface area (Å²) in [5.74, 6) is -1.69. The predicted molar refractivity (Wildman–Crippen MR) is 75.7 cm³/mol. The summed E-state index contributed by atoms with van der Waals surface area (Å²) in [6, 6.07) is 8.97. The Morgan fingerprint density at radius 2 is 1.82 bits per heavy atom. The number of esters is 1. The lowest BCUT2D eigenvalue weighted by atomic mass is 10.1. The largest absolute Gasteiger partial charge is 0.507 e. The fourth-order valence-corrected chi connectivity index (χ4v) is 1.74. The molecule has 2 aromatic carbocycles. The van der Waals surface area contributed by atoms with Crippen LogP contribution in [0.1, 0.15) is 20.7 Å². The number of carbonyl (C=O) groups excluding carboxylic acids is 2. The van der Waals surface area contributed by atoms with E-state index in [1.807, 2.05) is 0 Å². The van der Waals surface area contributed by atoms with Crippen LogP contribution in [0, 0.1) is 5.82 Å². The number of Topliss-reactive ketones (excluding diaryl/α,β-unsaturated/α-hetero) is 1. The lowest BCUT2D eigenvalue weighted by Gasteiger charge is -2.07. The molecule has 0 bridgehead atoms. The first-order valence-corrected chi connectivity index (χ1v) is 6.34. The van der Waals surface area contributed by atoms with E-state index in [-0.39, 0.29) is 16.9 Å². The van der Waals surface area contributed by atoms with Crippen LogP contribution in [-0.2, 0) is 4.74 Å². The van der Waals surface area contributed by atoms with Crippen LogP contribution in [0.15, 0.2) is 42.5 Å². The quantitative estimate of drug-likeness (QED) is 0.679. The zero-order chi connectivity index (χ0) is 16.1. The van der Waals surface area contributed by atoms with Gasteiger partial charge in [-0.15, -0.1) is 0 Å². The van der Waals surface area contributed by atoms with Crippen molar-refractivity contribution in [3.05, 3.63) is 59.4 Å². The van der Waals surface area contributed by atoms with Gasteiger partial charge in [0.05, 0.1) is 7.11 Å². The van der Waals surface area contributed by atoms with Crippen molar-refractivity contribution in [2.24, 2.45) is 0 Å². The van der Waals surface area contributed by atoms with Gasteiger partial charge in [0.25, 0.3) is 0 Å².